The van der Waals surface area contributed by atoms with Gasteiger partial charge in [0.05, 0.1) is 32.0 Å². The molecule has 0 bridgehead atoms. The van der Waals surface area contributed by atoms with E-state index in [2.05, 4.69) is 34.5 Å². The van der Waals surface area contributed by atoms with Gasteiger partial charge in [-0.15, -0.1) is 0 Å². The summed E-state index contributed by atoms with van der Waals surface area (Å²) < 4.78 is 16.4. The molecule has 152 valence electrons. The normalized spacial score (nSPS) is 14.8. The Bertz CT molecular complexity index is 746. The minimum Gasteiger partial charge on any atom is -0.491 e. The van der Waals surface area contributed by atoms with E-state index in [0.29, 0.717) is 29.7 Å². The third-order valence-corrected chi connectivity index (χ3v) is 5.05. The van der Waals surface area contributed by atoms with Crippen molar-refractivity contribution < 1.29 is 14.2 Å². The SMILES string of the molecule is CCOc1cc(CNCc2ccc(CN3CCOCC3)cc2)cc(Cl)c1OC. The Balaban J connectivity index is 1.52. The van der Waals surface area contributed by atoms with Crippen LogP contribution in [0.1, 0.15) is 23.6 Å². The highest BCUT2D eigenvalue weighted by molar-refractivity contribution is 6.32. The van der Waals surface area contributed by atoms with Gasteiger partial charge in [-0.25, -0.2) is 0 Å². The molecule has 3 rings (SSSR count). The number of hydrogen-bond donors (Lipinski definition) is 1. The molecule has 5 nitrogen and oxygen atoms in total. The van der Waals surface area contributed by atoms with Crippen molar-refractivity contribution in [1.82, 2.24) is 10.2 Å². The summed E-state index contributed by atoms with van der Waals surface area (Å²) in [6, 6.07) is 12.7. The zero-order valence-electron chi connectivity index (χ0n) is 16.7. The van der Waals surface area contributed by atoms with Crippen LogP contribution in [0.3, 0.4) is 0 Å². The molecule has 6 heteroatoms. The summed E-state index contributed by atoms with van der Waals surface area (Å²) >= 11 is 6.32. The van der Waals surface area contributed by atoms with Gasteiger partial charge < -0.3 is 19.5 Å². The number of nitrogens with zero attached hydrogens (tertiary/aromatic N) is 1. The second-order valence-corrected chi connectivity index (χ2v) is 7.26. The molecule has 0 aromatic heterocycles. The van der Waals surface area contributed by atoms with Gasteiger partial charge in [0.25, 0.3) is 0 Å². The Labute approximate surface area is 172 Å². The molecule has 1 N–H and O–H groups in total. The van der Waals surface area contributed by atoms with Crippen molar-refractivity contribution in [3.05, 3.63) is 58.1 Å². The maximum atomic E-state index is 6.32. The highest BCUT2D eigenvalue weighted by atomic mass is 35.5. The van der Waals surface area contributed by atoms with Crippen LogP contribution in [0.4, 0.5) is 0 Å². The Morgan fingerprint density at radius 3 is 2.39 bits per heavy atom. The summed E-state index contributed by atoms with van der Waals surface area (Å²) in [6.07, 6.45) is 0. The largest absolute Gasteiger partial charge is 0.491 e. The van der Waals surface area contributed by atoms with Crippen LogP contribution in [-0.4, -0.2) is 44.9 Å². The van der Waals surface area contributed by atoms with Crippen LogP contribution in [0, 0.1) is 0 Å². The third kappa shape index (κ3) is 5.85. The van der Waals surface area contributed by atoms with Gasteiger partial charge in [-0.3, -0.25) is 4.90 Å². The van der Waals surface area contributed by atoms with E-state index in [9.17, 15) is 0 Å². The van der Waals surface area contributed by atoms with Gasteiger partial charge in [0.15, 0.2) is 11.5 Å². The lowest BCUT2D eigenvalue weighted by Gasteiger charge is -2.26. The Morgan fingerprint density at radius 1 is 1.04 bits per heavy atom. The highest BCUT2D eigenvalue weighted by Gasteiger charge is 2.12. The van der Waals surface area contributed by atoms with Crippen molar-refractivity contribution >= 4 is 11.6 Å². The number of morpholine rings is 1. The number of hydrogen-bond acceptors (Lipinski definition) is 5. The first-order valence-electron chi connectivity index (χ1n) is 9.77. The van der Waals surface area contributed by atoms with Crippen LogP contribution in [0.15, 0.2) is 36.4 Å². The van der Waals surface area contributed by atoms with E-state index in [4.69, 9.17) is 25.8 Å². The third-order valence-electron chi connectivity index (χ3n) is 4.76. The average Bonchev–Trinajstić information content (AvgIpc) is 2.70. The number of benzene rings is 2. The molecule has 0 saturated carbocycles. The molecule has 2 aromatic carbocycles. The van der Waals surface area contributed by atoms with Crippen LogP contribution in [0.25, 0.3) is 0 Å². The number of rotatable bonds is 9. The zero-order chi connectivity index (χ0) is 19.8. The quantitative estimate of drug-likeness (QED) is 0.687. The molecule has 0 aliphatic carbocycles. The molecule has 2 aromatic rings. The second kappa shape index (κ2) is 10.7. The lowest BCUT2D eigenvalue weighted by molar-refractivity contribution is 0.0342. The van der Waals surface area contributed by atoms with Crippen LogP contribution < -0.4 is 14.8 Å². The van der Waals surface area contributed by atoms with Gasteiger partial charge in [-0.1, -0.05) is 35.9 Å². The predicted octanol–water partition coefficient (Wildman–Crippen LogP) is 3.87. The van der Waals surface area contributed by atoms with Gasteiger partial charge >= 0.3 is 0 Å². The van der Waals surface area contributed by atoms with E-state index in [1.54, 1.807) is 7.11 Å². The van der Waals surface area contributed by atoms with Gasteiger partial charge in [0.2, 0.25) is 0 Å². The summed E-state index contributed by atoms with van der Waals surface area (Å²) in [5.41, 5.74) is 3.67. The van der Waals surface area contributed by atoms with Crippen molar-refractivity contribution in [2.75, 3.05) is 40.0 Å². The average molecular weight is 405 g/mol. The van der Waals surface area contributed by atoms with Gasteiger partial charge in [0, 0.05) is 32.7 Å². The Kier molecular flexibility index (Phi) is 7.98. The van der Waals surface area contributed by atoms with Crippen LogP contribution in [0.2, 0.25) is 5.02 Å². The smallest absolute Gasteiger partial charge is 0.179 e. The highest BCUT2D eigenvalue weighted by Crippen LogP contribution is 2.36. The summed E-state index contributed by atoms with van der Waals surface area (Å²) in [6.45, 7) is 8.70. The van der Waals surface area contributed by atoms with E-state index in [0.717, 1.165) is 45.0 Å². The maximum Gasteiger partial charge on any atom is 0.179 e. The summed E-state index contributed by atoms with van der Waals surface area (Å²) in [5.74, 6) is 1.27. The van der Waals surface area contributed by atoms with Gasteiger partial charge in [0.1, 0.15) is 0 Å². The first kappa shape index (κ1) is 20.9. The van der Waals surface area contributed by atoms with Crippen molar-refractivity contribution in [3.63, 3.8) is 0 Å². The molecule has 1 heterocycles. The first-order chi connectivity index (χ1) is 13.7. The number of methoxy groups -OCH3 is 1. The summed E-state index contributed by atoms with van der Waals surface area (Å²) in [7, 11) is 1.60. The lowest BCUT2D eigenvalue weighted by Crippen LogP contribution is -2.35. The van der Waals surface area contributed by atoms with Crippen LogP contribution in [-0.2, 0) is 24.4 Å². The molecule has 1 fully saturated rings. The summed E-state index contributed by atoms with van der Waals surface area (Å²) in [4.78, 5) is 2.43. The molecule has 1 aliphatic heterocycles. The monoisotopic (exact) mass is 404 g/mol. The van der Waals surface area contributed by atoms with E-state index in [-0.39, 0.29) is 0 Å². The van der Waals surface area contributed by atoms with Gasteiger partial charge in [-0.2, -0.15) is 0 Å². The van der Waals surface area contributed by atoms with E-state index in [1.807, 2.05) is 19.1 Å². The fourth-order valence-corrected chi connectivity index (χ4v) is 3.63. The zero-order valence-corrected chi connectivity index (χ0v) is 17.4. The second-order valence-electron chi connectivity index (χ2n) is 6.85. The number of halogens is 1. The fraction of sp³-hybridized carbons (Fsp3) is 0.455. The van der Waals surface area contributed by atoms with Crippen LogP contribution in [0.5, 0.6) is 11.5 Å². The lowest BCUT2D eigenvalue weighted by atomic mass is 10.1. The molecule has 0 unspecified atom stereocenters. The van der Waals surface area contributed by atoms with Crippen molar-refractivity contribution in [3.8, 4) is 11.5 Å². The van der Waals surface area contributed by atoms with Crippen molar-refractivity contribution in [2.24, 2.45) is 0 Å². The maximum absolute atomic E-state index is 6.32. The topological polar surface area (TPSA) is 43.0 Å². The van der Waals surface area contributed by atoms with Crippen molar-refractivity contribution in [1.29, 1.82) is 0 Å². The Hall–Kier alpha value is -1.79. The van der Waals surface area contributed by atoms with Crippen molar-refractivity contribution in [2.45, 2.75) is 26.6 Å². The molecule has 0 amide bonds. The number of ether oxygens (including phenoxy) is 3. The predicted molar refractivity (Wildman–Crippen MR) is 112 cm³/mol. The molecule has 0 atom stereocenters. The molecule has 1 aliphatic rings. The standard InChI is InChI=1S/C22H29ClN2O3/c1-3-28-21-13-19(12-20(23)22(21)26-2)15-24-14-17-4-6-18(7-5-17)16-25-8-10-27-11-9-25/h4-7,12-13,24H,3,8-11,14-16H2,1-2H3. The van der Waals surface area contributed by atoms with E-state index in [1.165, 1.54) is 11.1 Å². The molecule has 28 heavy (non-hydrogen) atoms. The Morgan fingerprint density at radius 2 is 1.71 bits per heavy atom. The van der Waals surface area contributed by atoms with E-state index >= 15 is 0 Å². The minimum atomic E-state index is 0.567. The molecule has 0 radical (unpaired) electrons. The number of nitrogens with one attached hydrogen (secondary N) is 1. The first-order valence-corrected chi connectivity index (χ1v) is 10.1. The molecular formula is C22H29ClN2O3. The molecular weight excluding hydrogens is 376 g/mol. The fourth-order valence-electron chi connectivity index (χ4n) is 3.32. The summed E-state index contributed by atoms with van der Waals surface area (Å²) in [5, 5.41) is 4.04. The van der Waals surface area contributed by atoms with Crippen LogP contribution >= 0.6 is 11.6 Å². The van der Waals surface area contributed by atoms with E-state index < -0.39 is 0 Å². The van der Waals surface area contributed by atoms with Gasteiger partial charge in [-0.05, 0) is 35.7 Å². The molecule has 0 spiro atoms. The molecule has 1 saturated heterocycles. The minimum absolute atomic E-state index is 0.567.